The highest BCUT2D eigenvalue weighted by atomic mass is 16.6. The number of ether oxygens (including phenoxy) is 3. The molecule has 0 saturated carbocycles. The lowest BCUT2D eigenvalue weighted by Crippen LogP contribution is -2.30. The number of carbonyl (C=O) groups is 2. The van der Waals surface area contributed by atoms with Crippen LogP contribution in [0.25, 0.3) is 0 Å². The average Bonchev–Trinajstić information content (AvgIpc) is 3.34. The van der Waals surface area contributed by atoms with E-state index in [0.717, 1.165) is 57.8 Å². The summed E-state index contributed by atoms with van der Waals surface area (Å²) < 4.78 is 17.5. The Morgan fingerprint density at radius 3 is 1.01 bits per heavy atom. The van der Waals surface area contributed by atoms with E-state index in [0.29, 0.717) is 19.4 Å². The fraction of sp³-hybridized carbons (Fsp3) is 0.841. The van der Waals surface area contributed by atoms with Crippen LogP contribution in [-0.4, -0.2) is 37.9 Å². The molecule has 398 valence electrons. The van der Waals surface area contributed by atoms with E-state index in [9.17, 15) is 9.59 Å². The van der Waals surface area contributed by atoms with Crippen molar-refractivity contribution in [2.45, 2.75) is 322 Å². The van der Waals surface area contributed by atoms with Crippen molar-refractivity contribution in [3.8, 4) is 0 Å². The van der Waals surface area contributed by atoms with Gasteiger partial charge in [-0.15, -0.1) is 0 Å². The maximum Gasteiger partial charge on any atom is 0.306 e. The number of unbranched alkanes of at least 4 members (excludes halogenated alkanes) is 37. The second kappa shape index (κ2) is 59.2. The van der Waals surface area contributed by atoms with E-state index in [2.05, 4.69) is 69.4 Å². The second-order valence-corrected chi connectivity index (χ2v) is 20.2. The Bertz CT molecular complexity index is 1120. The monoisotopic (exact) mass is 953 g/mol. The molecule has 0 radical (unpaired) electrons. The smallest absolute Gasteiger partial charge is 0.306 e. The first-order valence-electron chi connectivity index (χ1n) is 30.2. The van der Waals surface area contributed by atoms with Crippen molar-refractivity contribution < 1.29 is 23.8 Å². The number of allylic oxidation sites excluding steroid dienone is 8. The van der Waals surface area contributed by atoms with Crippen molar-refractivity contribution in [1.82, 2.24) is 0 Å². The third kappa shape index (κ3) is 56.4. The van der Waals surface area contributed by atoms with Crippen molar-refractivity contribution in [2.75, 3.05) is 19.8 Å². The summed E-state index contributed by atoms with van der Waals surface area (Å²) in [5, 5.41) is 0. The van der Waals surface area contributed by atoms with Crippen molar-refractivity contribution >= 4 is 11.9 Å². The summed E-state index contributed by atoms with van der Waals surface area (Å²) in [5.74, 6) is -0.398. The molecule has 0 aromatic rings. The lowest BCUT2D eigenvalue weighted by atomic mass is 10.1. The molecule has 0 rings (SSSR count). The van der Waals surface area contributed by atoms with Gasteiger partial charge in [0.1, 0.15) is 6.61 Å². The molecular weight excluding hydrogens is 837 g/mol. The van der Waals surface area contributed by atoms with Gasteiger partial charge in [0.05, 0.1) is 6.61 Å². The maximum atomic E-state index is 12.9. The molecule has 68 heavy (non-hydrogen) atoms. The molecule has 0 fully saturated rings. The van der Waals surface area contributed by atoms with Crippen LogP contribution in [0.5, 0.6) is 0 Å². The maximum absolute atomic E-state index is 12.9. The van der Waals surface area contributed by atoms with Gasteiger partial charge in [0.2, 0.25) is 0 Å². The summed E-state index contributed by atoms with van der Waals surface area (Å²) >= 11 is 0. The molecule has 0 aromatic carbocycles. The summed E-state index contributed by atoms with van der Waals surface area (Å²) in [6, 6.07) is 0. The molecule has 0 bridgehead atoms. The predicted octanol–water partition coefficient (Wildman–Crippen LogP) is 20.7. The fourth-order valence-corrected chi connectivity index (χ4v) is 8.77. The molecular formula is C63H116O5. The van der Waals surface area contributed by atoms with Crippen molar-refractivity contribution in [3.05, 3.63) is 48.6 Å². The van der Waals surface area contributed by atoms with Crippen LogP contribution in [0.1, 0.15) is 316 Å². The molecule has 0 aliphatic heterocycles. The first-order valence-corrected chi connectivity index (χ1v) is 30.2. The molecule has 0 heterocycles. The molecule has 5 nitrogen and oxygen atoms in total. The summed E-state index contributed by atoms with van der Waals surface area (Å²) in [6.07, 6.45) is 74.2. The zero-order valence-electron chi connectivity index (χ0n) is 45.9. The van der Waals surface area contributed by atoms with Crippen molar-refractivity contribution in [3.63, 3.8) is 0 Å². The first-order chi connectivity index (χ1) is 33.6. The molecule has 0 aliphatic carbocycles. The standard InChI is InChI=1S/C63H116O5/c1-4-7-10-13-16-19-22-25-28-30-32-33-36-38-41-44-47-50-53-56-62(64)67-60-61(68-63(65)57-54-51-48-45-42-39-35-27-24-21-18-15-12-9-6-3)59-66-58-55-52-49-46-43-40-37-34-31-29-26-23-20-17-14-11-8-5-2/h16,19,25-29,35,61H,4-15,17-18,20-24,30-34,36-60H2,1-3H3/b19-16-,28-25-,29-26-,35-27-. The highest BCUT2D eigenvalue weighted by molar-refractivity contribution is 5.70. The molecule has 0 amide bonds. The van der Waals surface area contributed by atoms with E-state index >= 15 is 0 Å². The second-order valence-electron chi connectivity index (χ2n) is 20.2. The molecule has 1 atom stereocenters. The Labute approximate surface area is 424 Å². The minimum Gasteiger partial charge on any atom is -0.462 e. The van der Waals surface area contributed by atoms with Gasteiger partial charge < -0.3 is 14.2 Å². The third-order valence-electron chi connectivity index (χ3n) is 13.3. The third-order valence-corrected chi connectivity index (χ3v) is 13.3. The van der Waals surface area contributed by atoms with Gasteiger partial charge in [-0.2, -0.15) is 0 Å². The minimum absolute atomic E-state index is 0.0812. The largest absolute Gasteiger partial charge is 0.462 e. The SMILES string of the molecule is CCCCC/C=C\C/C=C\CCCCCCCCCCCC(=O)OCC(COCCCCCCCCCC/C=C\CCCCCCCC)OC(=O)CCCCCCC/C=C\CCCCCCCC. The molecule has 0 saturated heterocycles. The van der Waals surface area contributed by atoms with Crippen LogP contribution in [0, 0.1) is 0 Å². The number of esters is 2. The van der Waals surface area contributed by atoms with Crippen LogP contribution in [-0.2, 0) is 23.8 Å². The van der Waals surface area contributed by atoms with Gasteiger partial charge in [-0.05, 0) is 103 Å². The summed E-state index contributed by atoms with van der Waals surface area (Å²) in [4.78, 5) is 25.5. The van der Waals surface area contributed by atoms with E-state index in [1.807, 2.05) is 0 Å². The van der Waals surface area contributed by atoms with Crippen LogP contribution in [0.3, 0.4) is 0 Å². The van der Waals surface area contributed by atoms with E-state index in [4.69, 9.17) is 14.2 Å². The Morgan fingerprint density at radius 1 is 0.324 bits per heavy atom. The normalized spacial score (nSPS) is 12.5. The number of rotatable bonds is 56. The Morgan fingerprint density at radius 2 is 0.618 bits per heavy atom. The molecule has 0 aromatic heterocycles. The summed E-state index contributed by atoms with van der Waals surface area (Å²) in [5.41, 5.74) is 0. The van der Waals surface area contributed by atoms with E-state index in [1.54, 1.807) is 0 Å². The van der Waals surface area contributed by atoms with Gasteiger partial charge in [-0.25, -0.2) is 0 Å². The zero-order chi connectivity index (χ0) is 49.2. The van der Waals surface area contributed by atoms with Crippen molar-refractivity contribution in [1.29, 1.82) is 0 Å². The lowest BCUT2D eigenvalue weighted by molar-refractivity contribution is -0.163. The van der Waals surface area contributed by atoms with Gasteiger partial charge in [0.25, 0.3) is 0 Å². The fourth-order valence-electron chi connectivity index (χ4n) is 8.77. The van der Waals surface area contributed by atoms with Gasteiger partial charge in [0.15, 0.2) is 6.10 Å². The Kier molecular flexibility index (Phi) is 57.3. The van der Waals surface area contributed by atoms with Crippen LogP contribution < -0.4 is 0 Å². The average molecular weight is 954 g/mol. The highest BCUT2D eigenvalue weighted by Crippen LogP contribution is 2.16. The van der Waals surface area contributed by atoms with E-state index < -0.39 is 6.10 Å². The van der Waals surface area contributed by atoms with Crippen LogP contribution >= 0.6 is 0 Å². The van der Waals surface area contributed by atoms with Crippen LogP contribution in [0.15, 0.2) is 48.6 Å². The topological polar surface area (TPSA) is 61.8 Å². The van der Waals surface area contributed by atoms with E-state index in [1.165, 1.54) is 225 Å². The van der Waals surface area contributed by atoms with Crippen molar-refractivity contribution in [2.24, 2.45) is 0 Å². The molecule has 1 unspecified atom stereocenters. The highest BCUT2D eigenvalue weighted by Gasteiger charge is 2.17. The Balaban J connectivity index is 4.26. The number of hydrogen-bond donors (Lipinski definition) is 0. The predicted molar refractivity (Wildman–Crippen MR) is 298 cm³/mol. The van der Waals surface area contributed by atoms with Crippen LogP contribution in [0.4, 0.5) is 0 Å². The van der Waals surface area contributed by atoms with Gasteiger partial charge in [-0.1, -0.05) is 249 Å². The van der Waals surface area contributed by atoms with Gasteiger partial charge in [-0.3, -0.25) is 9.59 Å². The van der Waals surface area contributed by atoms with Crippen LogP contribution in [0.2, 0.25) is 0 Å². The first kappa shape index (κ1) is 65.9. The van der Waals surface area contributed by atoms with E-state index in [-0.39, 0.29) is 25.2 Å². The molecule has 0 N–H and O–H groups in total. The molecule has 0 aliphatic rings. The molecule has 0 spiro atoms. The minimum atomic E-state index is -0.543. The zero-order valence-corrected chi connectivity index (χ0v) is 45.9. The quantitative estimate of drug-likeness (QED) is 0.0345. The summed E-state index contributed by atoms with van der Waals surface area (Å²) in [7, 11) is 0. The van der Waals surface area contributed by atoms with Gasteiger partial charge in [0, 0.05) is 19.4 Å². The molecule has 5 heteroatoms. The Hall–Kier alpha value is -2.14. The lowest BCUT2D eigenvalue weighted by Gasteiger charge is -2.18. The number of carbonyl (C=O) groups excluding carboxylic acids is 2. The summed E-state index contributed by atoms with van der Waals surface area (Å²) in [6.45, 7) is 7.83. The van der Waals surface area contributed by atoms with Gasteiger partial charge >= 0.3 is 11.9 Å². The number of hydrogen-bond acceptors (Lipinski definition) is 5.